The van der Waals surface area contributed by atoms with Crippen molar-refractivity contribution in [1.82, 2.24) is 19.7 Å². The molecule has 0 saturated carbocycles. The number of fused-ring (bicyclic) bond motifs is 1. The van der Waals surface area contributed by atoms with Gasteiger partial charge in [-0.05, 0) is 24.6 Å². The van der Waals surface area contributed by atoms with Gasteiger partial charge in [-0.15, -0.1) is 11.3 Å². The molecular weight excluding hydrogens is 272 g/mol. The van der Waals surface area contributed by atoms with Crippen LogP contribution in [0.15, 0.2) is 36.1 Å². The van der Waals surface area contributed by atoms with Crippen molar-refractivity contribution in [2.45, 2.75) is 13.0 Å². The Morgan fingerprint density at radius 1 is 1.45 bits per heavy atom. The van der Waals surface area contributed by atoms with Crippen molar-refractivity contribution in [3.63, 3.8) is 0 Å². The predicted octanol–water partition coefficient (Wildman–Crippen LogP) is 2.13. The van der Waals surface area contributed by atoms with Crippen LogP contribution in [0.25, 0.3) is 4.96 Å². The summed E-state index contributed by atoms with van der Waals surface area (Å²) in [4.78, 5) is 9.52. The number of thiazole rings is 1. The number of nitrogens with zero attached hydrogens (tertiary/aromatic N) is 3. The summed E-state index contributed by atoms with van der Waals surface area (Å²) in [5, 5.41) is 5.46. The fourth-order valence-electron chi connectivity index (χ4n) is 2.12. The molecule has 0 aliphatic carbocycles. The summed E-state index contributed by atoms with van der Waals surface area (Å²) in [6.07, 6.45) is 6.68. The van der Waals surface area contributed by atoms with Crippen molar-refractivity contribution < 1.29 is 4.74 Å². The maximum atomic E-state index is 5.33. The molecule has 0 aromatic carbocycles. The highest BCUT2D eigenvalue weighted by atomic mass is 32.1. The lowest BCUT2D eigenvalue weighted by Gasteiger charge is -2.05. The summed E-state index contributed by atoms with van der Waals surface area (Å²) in [7, 11) is 1.66. The summed E-state index contributed by atoms with van der Waals surface area (Å²) in [5.41, 5.74) is 2.30. The van der Waals surface area contributed by atoms with Crippen molar-refractivity contribution in [2.24, 2.45) is 0 Å². The molecule has 5 nitrogen and oxygen atoms in total. The van der Waals surface area contributed by atoms with Crippen LogP contribution in [0.1, 0.15) is 11.3 Å². The fraction of sp³-hybridized carbons (Fsp3) is 0.286. The van der Waals surface area contributed by atoms with E-state index >= 15 is 0 Å². The van der Waals surface area contributed by atoms with Crippen molar-refractivity contribution in [3.8, 4) is 5.88 Å². The second-order valence-electron chi connectivity index (χ2n) is 4.41. The summed E-state index contributed by atoms with van der Waals surface area (Å²) >= 11 is 1.61. The monoisotopic (exact) mass is 288 g/mol. The van der Waals surface area contributed by atoms with Crippen LogP contribution in [-0.4, -0.2) is 28.0 Å². The highest BCUT2D eigenvalue weighted by Crippen LogP contribution is 2.22. The lowest BCUT2D eigenvalue weighted by Crippen LogP contribution is -2.18. The van der Waals surface area contributed by atoms with E-state index in [0.29, 0.717) is 5.88 Å². The fourth-order valence-corrected chi connectivity index (χ4v) is 2.85. The van der Waals surface area contributed by atoms with Gasteiger partial charge in [0.2, 0.25) is 5.88 Å². The molecule has 0 radical (unpaired) electrons. The average molecular weight is 288 g/mol. The van der Waals surface area contributed by atoms with E-state index in [0.717, 1.165) is 30.2 Å². The number of imidazole rings is 1. The normalized spacial score (nSPS) is 11.1. The Morgan fingerprint density at radius 2 is 2.40 bits per heavy atom. The Balaban J connectivity index is 1.61. The van der Waals surface area contributed by atoms with Crippen LogP contribution in [-0.2, 0) is 13.0 Å². The Bertz CT molecular complexity index is 677. The van der Waals surface area contributed by atoms with Crippen molar-refractivity contribution in [1.29, 1.82) is 0 Å². The Labute approximate surface area is 121 Å². The van der Waals surface area contributed by atoms with Gasteiger partial charge in [0.15, 0.2) is 4.96 Å². The smallest absolute Gasteiger partial charge is 0.237 e. The van der Waals surface area contributed by atoms with Gasteiger partial charge in [0, 0.05) is 30.5 Å². The third kappa shape index (κ3) is 2.66. The minimum Gasteiger partial charge on any atom is -0.480 e. The number of hydrogen-bond acceptors (Lipinski definition) is 5. The van der Waals surface area contributed by atoms with Crippen LogP contribution in [0.3, 0.4) is 0 Å². The number of nitrogens with one attached hydrogen (secondary N) is 1. The quantitative estimate of drug-likeness (QED) is 0.706. The molecule has 3 heterocycles. The molecule has 3 aromatic rings. The Morgan fingerprint density at radius 3 is 3.20 bits per heavy atom. The van der Waals surface area contributed by atoms with Gasteiger partial charge in [-0.1, -0.05) is 6.07 Å². The maximum absolute atomic E-state index is 5.33. The van der Waals surface area contributed by atoms with Gasteiger partial charge in [0.25, 0.3) is 0 Å². The molecule has 3 rings (SSSR count). The molecule has 1 N–H and O–H groups in total. The van der Waals surface area contributed by atoms with E-state index in [1.807, 2.05) is 23.8 Å². The van der Waals surface area contributed by atoms with E-state index in [9.17, 15) is 0 Å². The molecule has 0 amide bonds. The van der Waals surface area contributed by atoms with E-state index in [4.69, 9.17) is 4.74 Å². The second-order valence-corrected chi connectivity index (χ2v) is 5.28. The molecule has 0 bridgehead atoms. The summed E-state index contributed by atoms with van der Waals surface area (Å²) < 4.78 is 7.40. The van der Waals surface area contributed by atoms with Crippen molar-refractivity contribution in [3.05, 3.63) is 47.4 Å². The first-order valence-corrected chi connectivity index (χ1v) is 7.34. The number of aromatic nitrogens is 3. The molecule has 3 aromatic heterocycles. The predicted molar refractivity (Wildman–Crippen MR) is 79.3 cm³/mol. The van der Waals surface area contributed by atoms with Crippen LogP contribution in [0.5, 0.6) is 5.88 Å². The third-order valence-electron chi connectivity index (χ3n) is 3.12. The first-order chi connectivity index (χ1) is 9.88. The highest BCUT2D eigenvalue weighted by Gasteiger charge is 2.12. The molecule has 104 valence electrons. The number of ether oxygens (including phenoxy) is 1. The van der Waals surface area contributed by atoms with E-state index in [-0.39, 0.29) is 0 Å². The minimum absolute atomic E-state index is 0.700. The van der Waals surface area contributed by atoms with Crippen molar-refractivity contribution >= 4 is 16.3 Å². The van der Waals surface area contributed by atoms with Crippen LogP contribution in [0, 0.1) is 0 Å². The lowest BCUT2D eigenvalue weighted by molar-refractivity contribution is 0.393. The van der Waals surface area contributed by atoms with E-state index in [1.165, 1.54) is 5.56 Å². The standard InChI is InChI=1S/C14H16N4OS/c1-19-13-12(18-7-8-20-14(18)17-13)10-16-6-4-11-3-2-5-15-9-11/h2-3,5,7-9,16H,4,6,10H2,1H3. The molecule has 20 heavy (non-hydrogen) atoms. The molecular formula is C14H16N4OS. The number of methoxy groups -OCH3 is 1. The molecule has 0 unspecified atom stereocenters. The molecule has 0 aliphatic rings. The first-order valence-electron chi connectivity index (χ1n) is 6.46. The van der Waals surface area contributed by atoms with E-state index < -0.39 is 0 Å². The van der Waals surface area contributed by atoms with E-state index in [2.05, 4.69) is 25.8 Å². The van der Waals surface area contributed by atoms with Crippen LogP contribution >= 0.6 is 11.3 Å². The zero-order chi connectivity index (χ0) is 13.8. The maximum Gasteiger partial charge on any atom is 0.237 e. The van der Waals surface area contributed by atoms with Gasteiger partial charge in [0.05, 0.1) is 7.11 Å². The van der Waals surface area contributed by atoms with Crippen LogP contribution in [0.2, 0.25) is 0 Å². The summed E-state index contributed by atoms with van der Waals surface area (Å²) in [6, 6.07) is 4.05. The summed E-state index contributed by atoms with van der Waals surface area (Å²) in [5.74, 6) is 0.700. The molecule has 0 saturated heterocycles. The van der Waals surface area contributed by atoms with Crippen molar-refractivity contribution in [2.75, 3.05) is 13.7 Å². The van der Waals surface area contributed by atoms with Crippen LogP contribution < -0.4 is 10.1 Å². The van der Waals surface area contributed by atoms with Gasteiger partial charge in [-0.3, -0.25) is 9.38 Å². The number of rotatable bonds is 6. The molecule has 0 fully saturated rings. The van der Waals surface area contributed by atoms with Gasteiger partial charge in [-0.25, -0.2) is 0 Å². The molecule has 0 spiro atoms. The highest BCUT2D eigenvalue weighted by molar-refractivity contribution is 7.15. The van der Waals surface area contributed by atoms with E-state index in [1.54, 1.807) is 24.6 Å². The van der Waals surface area contributed by atoms with Gasteiger partial charge >= 0.3 is 0 Å². The Kier molecular flexibility index (Phi) is 3.94. The summed E-state index contributed by atoms with van der Waals surface area (Å²) in [6.45, 7) is 1.63. The third-order valence-corrected chi connectivity index (χ3v) is 3.88. The lowest BCUT2D eigenvalue weighted by atomic mass is 10.2. The van der Waals surface area contributed by atoms with Gasteiger partial charge in [-0.2, -0.15) is 4.98 Å². The molecule has 0 aliphatic heterocycles. The topological polar surface area (TPSA) is 51.5 Å². The molecule has 6 heteroatoms. The zero-order valence-corrected chi connectivity index (χ0v) is 12.1. The largest absolute Gasteiger partial charge is 0.480 e. The zero-order valence-electron chi connectivity index (χ0n) is 11.2. The average Bonchev–Trinajstić information content (AvgIpc) is 3.06. The first kappa shape index (κ1) is 13.1. The number of hydrogen-bond donors (Lipinski definition) is 1. The molecule has 0 atom stereocenters. The Hall–Kier alpha value is -1.92. The second kappa shape index (κ2) is 6.02. The van der Waals surface area contributed by atoms with Gasteiger partial charge < -0.3 is 10.1 Å². The van der Waals surface area contributed by atoms with Crippen LogP contribution in [0.4, 0.5) is 0 Å². The SMILES string of the molecule is COc1nc2sccn2c1CNCCc1cccnc1. The number of pyridine rings is 1. The minimum atomic E-state index is 0.700. The van der Waals surface area contributed by atoms with Gasteiger partial charge in [0.1, 0.15) is 5.69 Å².